The summed E-state index contributed by atoms with van der Waals surface area (Å²) in [6.07, 6.45) is 11.9. The number of piperidine rings is 1. The third-order valence-electron chi connectivity index (χ3n) is 8.68. The highest BCUT2D eigenvalue weighted by Gasteiger charge is 2.43. The summed E-state index contributed by atoms with van der Waals surface area (Å²) in [4.78, 5) is 2.62. The molecule has 35 heavy (non-hydrogen) atoms. The third kappa shape index (κ3) is 5.84. The molecule has 2 unspecified atom stereocenters. The molecule has 1 saturated heterocycles. The Morgan fingerprint density at radius 1 is 1.09 bits per heavy atom. The lowest BCUT2D eigenvalue weighted by molar-refractivity contribution is 0.230. The number of nitrogens with zero attached hydrogens (tertiary/aromatic N) is 3. The van der Waals surface area contributed by atoms with E-state index in [2.05, 4.69) is 47.7 Å². The predicted molar refractivity (Wildman–Crippen MR) is 144 cm³/mol. The molecule has 185 valence electrons. The van der Waals surface area contributed by atoms with Crippen LogP contribution in [0.15, 0.2) is 59.7 Å². The highest BCUT2D eigenvalue weighted by molar-refractivity contribution is 6.32. The van der Waals surface area contributed by atoms with E-state index < -0.39 is 0 Å². The third-order valence-corrected chi connectivity index (χ3v) is 8.68. The first-order valence-electron chi connectivity index (χ1n) is 13.3. The second-order valence-electron chi connectivity index (χ2n) is 10.7. The molecule has 3 aliphatic rings. The lowest BCUT2D eigenvalue weighted by atomic mass is 9.55. The number of hydrogen-bond acceptors (Lipinski definition) is 5. The van der Waals surface area contributed by atoms with Gasteiger partial charge in [0.1, 0.15) is 12.1 Å². The smallest absolute Gasteiger partial charge is 0.209 e. The lowest BCUT2D eigenvalue weighted by Crippen LogP contribution is -2.42. The van der Waals surface area contributed by atoms with Crippen molar-refractivity contribution < 1.29 is 4.74 Å². The van der Waals surface area contributed by atoms with E-state index in [1.165, 1.54) is 69.3 Å². The molecule has 7 heteroatoms. The number of hydrogen-bond donors (Lipinski definition) is 2. The first kappa shape index (κ1) is 24.2. The fourth-order valence-corrected chi connectivity index (χ4v) is 6.20. The molecule has 5 rings (SSSR count). The number of hydrazine groups is 1. The van der Waals surface area contributed by atoms with Crippen LogP contribution >= 0.6 is 0 Å². The van der Waals surface area contributed by atoms with Crippen molar-refractivity contribution in [3.8, 4) is 5.75 Å². The summed E-state index contributed by atoms with van der Waals surface area (Å²) in [5, 5.41) is 4.82. The second kappa shape index (κ2) is 11.0. The molecular weight excluding hydrogens is 433 g/mol. The molecule has 2 aromatic rings. The van der Waals surface area contributed by atoms with Crippen LogP contribution in [0.2, 0.25) is 6.32 Å². The van der Waals surface area contributed by atoms with Gasteiger partial charge in [-0.2, -0.15) is 5.10 Å². The van der Waals surface area contributed by atoms with E-state index in [1.807, 2.05) is 24.3 Å². The second-order valence-corrected chi connectivity index (χ2v) is 10.7. The van der Waals surface area contributed by atoms with Crippen molar-refractivity contribution in [2.24, 2.45) is 34.5 Å². The zero-order valence-corrected chi connectivity index (χ0v) is 20.8. The van der Waals surface area contributed by atoms with Crippen LogP contribution in [-0.2, 0) is 5.41 Å². The van der Waals surface area contributed by atoms with Gasteiger partial charge in [-0.25, -0.2) is 5.84 Å². The van der Waals surface area contributed by atoms with E-state index >= 15 is 0 Å². The lowest BCUT2D eigenvalue weighted by Gasteiger charge is -2.44. The van der Waals surface area contributed by atoms with Crippen molar-refractivity contribution in [1.82, 2.24) is 4.81 Å². The molecule has 1 radical (unpaired) electrons. The first-order chi connectivity index (χ1) is 17.2. The molecule has 6 nitrogen and oxygen atoms in total. The van der Waals surface area contributed by atoms with E-state index in [0.717, 1.165) is 42.2 Å². The van der Waals surface area contributed by atoms with Gasteiger partial charge in [0.25, 0.3) is 0 Å². The van der Waals surface area contributed by atoms with Crippen LogP contribution in [0.5, 0.6) is 5.75 Å². The Kier molecular flexibility index (Phi) is 7.64. The van der Waals surface area contributed by atoms with Gasteiger partial charge in [0.2, 0.25) is 7.41 Å². The van der Waals surface area contributed by atoms with Crippen LogP contribution < -0.4 is 21.4 Å². The monoisotopic (exact) mass is 472 g/mol. The summed E-state index contributed by atoms with van der Waals surface area (Å²) in [7, 11) is 2.54. The number of benzene rings is 2. The van der Waals surface area contributed by atoms with Crippen molar-refractivity contribution in [3.63, 3.8) is 0 Å². The van der Waals surface area contributed by atoms with Gasteiger partial charge in [-0.15, -0.1) is 0 Å². The Morgan fingerprint density at radius 2 is 1.83 bits per heavy atom. The maximum atomic E-state index is 5.99. The molecule has 0 bridgehead atoms. The molecule has 2 aromatic carbocycles. The van der Waals surface area contributed by atoms with E-state index in [1.54, 1.807) is 5.56 Å². The summed E-state index contributed by atoms with van der Waals surface area (Å²) >= 11 is 0. The van der Waals surface area contributed by atoms with Crippen molar-refractivity contribution in [2.75, 3.05) is 24.7 Å². The number of hydrazone groups is 1. The van der Waals surface area contributed by atoms with Gasteiger partial charge in [0.15, 0.2) is 0 Å². The van der Waals surface area contributed by atoms with Gasteiger partial charge < -0.3 is 15.4 Å². The summed E-state index contributed by atoms with van der Waals surface area (Å²) in [6.45, 7) is 3.24. The molecule has 2 saturated carbocycles. The van der Waals surface area contributed by atoms with E-state index in [0.29, 0.717) is 5.41 Å². The van der Waals surface area contributed by atoms with Crippen LogP contribution in [-0.4, -0.2) is 38.3 Å². The molecule has 0 amide bonds. The molecule has 3 fully saturated rings. The quantitative estimate of drug-likeness (QED) is 0.165. The molecule has 1 aliphatic heterocycles. The summed E-state index contributed by atoms with van der Waals surface area (Å²) in [5.74, 6) is 14.5. The predicted octanol–water partition coefficient (Wildman–Crippen LogP) is 4.55. The fraction of sp³-hybridized carbons (Fsp3) is 0.536. The SMILES string of the molecule is N/N=C\N(N)c1ccc(OCCC2CC2C2CCN([B]CC3(c4ccccc4)CCC3)CC2)cc1. The number of anilines is 1. The van der Waals surface area contributed by atoms with Crippen LogP contribution in [0.1, 0.15) is 50.5 Å². The van der Waals surface area contributed by atoms with Gasteiger partial charge >= 0.3 is 0 Å². The number of nitrogens with two attached hydrogens (primary N) is 2. The van der Waals surface area contributed by atoms with Gasteiger partial charge in [-0.05, 0) is 105 Å². The number of rotatable bonds is 11. The molecule has 0 aromatic heterocycles. The highest BCUT2D eigenvalue weighted by Crippen LogP contribution is 2.50. The minimum Gasteiger partial charge on any atom is -0.494 e. The van der Waals surface area contributed by atoms with Crippen molar-refractivity contribution >= 4 is 19.4 Å². The van der Waals surface area contributed by atoms with Crippen molar-refractivity contribution in [1.29, 1.82) is 0 Å². The number of ether oxygens (including phenoxy) is 1. The zero-order chi connectivity index (χ0) is 24.1. The highest BCUT2D eigenvalue weighted by atomic mass is 16.5. The Morgan fingerprint density at radius 3 is 2.49 bits per heavy atom. The molecule has 0 spiro atoms. The largest absolute Gasteiger partial charge is 0.494 e. The molecule has 4 N–H and O–H groups in total. The normalized spacial score (nSPS) is 24.1. The zero-order valence-electron chi connectivity index (χ0n) is 20.8. The van der Waals surface area contributed by atoms with Crippen LogP contribution in [0.4, 0.5) is 5.69 Å². The topological polar surface area (TPSA) is 80.1 Å². The minimum absolute atomic E-state index is 0.405. The van der Waals surface area contributed by atoms with Crippen molar-refractivity contribution in [3.05, 3.63) is 60.2 Å². The van der Waals surface area contributed by atoms with E-state index in [9.17, 15) is 0 Å². The van der Waals surface area contributed by atoms with Crippen LogP contribution in [0.25, 0.3) is 0 Å². The average Bonchev–Trinajstić information content (AvgIpc) is 3.64. The maximum Gasteiger partial charge on any atom is 0.209 e. The Balaban J connectivity index is 0.990. The van der Waals surface area contributed by atoms with Crippen molar-refractivity contribution in [2.45, 2.75) is 56.7 Å². The van der Waals surface area contributed by atoms with Crippen LogP contribution in [0.3, 0.4) is 0 Å². The average molecular weight is 472 g/mol. The van der Waals surface area contributed by atoms with Gasteiger partial charge in [0, 0.05) is 0 Å². The minimum atomic E-state index is 0.405. The molecule has 1 heterocycles. The maximum absolute atomic E-state index is 5.99. The van der Waals surface area contributed by atoms with E-state index in [4.69, 9.17) is 16.4 Å². The molecular formula is C28H39BN5O. The first-order valence-corrected chi connectivity index (χ1v) is 13.3. The van der Waals surface area contributed by atoms with Gasteiger partial charge in [0.05, 0.1) is 12.3 Å². The van der Waals surface area contributed by atoms with E-state index in [-0.39, 0.29) is 0 Å². The molecule has 2 atom stereocenters. The fourth-order valence-electron chi connectivity index (χ4n) is 6.20. The summed E-state index contributed by atoms with van der Waals surface area (Å²) in [6, 6.07) is 18.9. The Bertz CT molecular complexity index is 957. The summed E-state index contributed by atoms with van der Waals surface area (Å²) in [5.41, 5.74) is 2.77. The van der Waals surface area contributed by atoms with Crippen LogP contribution in [0, 0.1) is 17.8 Å². The molecule has 2 aliphatic carbocycles. The standard InChI is InChI=1S/C28H39BN5O/c30-32-21-34(31)25-7-9-26(10-8-25)35-18-13-23-19-27(23)22-11-16-33(17-12-22)29-20-28(14-4-15-28)24-5-2-1-3-6-24/h1-3,5-10,21-23,27H,4,11-20,30-31H2/b32-21-. The van der Waals surface area contributed by atoms with Gasteiger partial charge in [-0.3, -0.25) is 5.01 Å². The summed E-state index contributed by atoms with van der Waals surface area (Å²) < 4.78 is 5.99. The van der Waals surface area contributed by atoms with Gasteiger partial charge in [-0.1, -0.05) is 43.1 Å². The Hall–Kier alpha value is -2.51. The Labute approximate surface area is 210 Å².